The van der Waals surface area contributed by atoms with Crippen molar-refractivity contribution in [3.63, 3.8) is 0 Å². The van der Waals surface area contributed by atoms with Gasteiger partial charge in [-0.05, 0) is 58.2 Å². The van der Waals surface area contributed by atoms with Crippen LogP contribution in [0.25, 0.3) is 11.0 Å². The molecule has 1 fully saturated rings. The van der Waals surface area contributed by atoms with Gasteiger partial charge >= 0.3 is 6.09 Å². The molecule has 0 unspecified atom stereocenters. The lowest BCUT2D eigenvalue weighted by atomic mass is 10.1. The lowest BCUT2D eigenvalue weighted by Crippen LogP contribution is -2.37. The fourth-order valence-electron chi connectivity index (χ4n) is 3.16. The zero-order chi connectivity index (χ0) is 17.3. The Balaban J connectivity index is 1.72. The van der Waals surface area contributed by atoms with E-state index in [0.29, 0.717) is 6.04 Å². The van der Waals surface area contributed by atoms with E-state index in [1.807, 2.05) is 44.1 Å². The molecule has 24 heavy (non-hydrogen) atoms. The second kappa shape index (κ2) is 6.75. The van der Waals surface area contributed by atoms with E-state index in [0.717, 1.165) is 47.9 Å². The predicted octanol–water partition coefficient (Wildman–Crippen LogP) is 4.76. The number of benzene rings is 1. The number of hydrogen-bond acceptors (Lipinski definition) is 3. The zero-order valence-electron chi connectivity index (χ0n) is 14.5. The quantitative estimate of drug-likeness (QED) is 0.701. The summed E-state index contributed by atoms with van der Waals surface area (Å²) in [5, 5.41) is 0. The summed E-state index contributed by atoms with van der Waals surface area (Å²) in [5.74, 6) is 0. The summed E-state index contributed by atoms with van der Waals surface area (Å²) in [4.78, 5) is 18.6. The number of rotatable bonds is 1. The molecule has 1 amide bonds. The van der Waals surface area contributed by atoms with Gasteiger partial charge < -0.3 is 14.2 Å². The molecule has 1 aromatic heterocycles. The van der Waals surface area contributed by atoms with Crippen LogP contribution in [-0.4, -0.2) is 39.2 Å². The maximum atomic E-state index is 12.3. The van der Waals surface area contributed by atoms with Gasteiger partial charge in [-0.2, -0.15) is 0 Å². The average molecular weight is 394 g/mol. The number of carbonyl (C=O) groups is 1. The molecule has 1 aromatic carbocycles. The largest absolute Gasteiger partial charge is 0.444 e. The number of aromatic nitrogens is 2. The molecule has 1 aliphatic heterocycles. The van der Waals surface area contributed by atoms with Crippen molar-refractivity contribution >= 4 is 33.1 Å². The van der Waals surface area contributed by atoms with E-state index in [9.17, 15) is 4.79 Å². The SMILES string of the molecule is CC(C)(C)OC(=O)N1CCC[C@@H](n2cnc3cc(Br)ccc32)CC1. The minimum absolute atomic E-state index is 0.206. The monoisotopic (exact) mass is 393 g/mol. The van der Waals surface area contributed by atoms with E-state index in [1.54, 1.807) is 0 Å². The summed E-state index contributed by atoms with van der Waals surface area (Å²) in [5.41, 5.74) is 1.70. The molecule has 1 saturated heterocycles. The topological polar surface area (TPSA) is 47.4 Å². The van der Waals surface area contributed by atoms with Gasteiger partial charge in [0.25, 0.3) is 0 Å². The van der Waals surface area contributed by atoms with Gasteiger partial charge in [0.15, 0.2) is 0 Å². The van der Waals surface area contributed by atoms with E-state index in [4.69, 9.17) is 4.74 Å². The fraction of sp³-hybridized carbons (Fsp3) is 0.556. The fourth-order valence-corrected chi connectivity index (χ4v) is 3.51. The molecule has 1 atom stereocenters. The van der Waals surface area contributed by atoms with Crippen LogP contribution in [0.5, 0.6) is 0 Å². The van der Waals surface area contributed by atoms with Gasteiger partial charge in [0.1, 0.15) is 5.60 Å². The molecule has 0 saturated carbocycles. The van der Waals surface area contributed by atoms with Crippen LogP contribution in [0.15, 0.2) is 29.0 Å². The number of amides is 1. The smallest absolute Gasteiger partial charge is 0.410 e. The van der Waals surface area contributed by atoms with Crippen LogP contribution >= 0.6 is 15.9 Å². The minimum atomic E-state index is -0.448. The highest BCUT2D eigenvalue weighted by atomic mass is 79.9. The number of halogens is 1. The van der Waals surface area contributed by atoms with Gasteiger partial charge in [0.05, 0.1) is 17.4 Å². The lowest BCUT2D eigenvalue weighted by molar-refractivity contribution is 0.0255. The summed E-state index contributed by atoms with van der Waals surface area (Å²) in [6.45, 7) is 7.18. The zero-order valence-corrected chi connectivity index (χ0v) is 16.0. The number of carbonyl (C=O) groups excluding carboxylic acids is 1. The summed E-state index contributed by atoms with van der Waals surface area (Å²) in [6, 6.07) is 6.55. The Labute approximate surface area is 151 Å². The number of hydrogen-bond donors (Lipinski definition) is 0. The van der Waals surface area contributed by atoms with E-state index in [2.05, 4.69) is 31.5 Å². The molecule has 0 spiro atoms. The number of nitrogens with zero attached hydrogens (tertiary/aromatic N) is 3. The van der Waals surface area contributed by atoms with Crippen molar-refractivity contribution in [3.05, 3.63) is 29.0 Å². The Morgan fingerprint density at radius 3 is 2.83 bits per heavy atom. The van der Waals surface area contributed by atoms with Crippen LogP contribution < -0.4 is 0 Å². The standard InChI is InChI=1S/C18H24BrN3O2/c1-18(2,3)24-17(23)21-9-4-5-14(8-10-21)22-12-20-15-11-13(19)6-7-16(15)22/h6-7,11-12,14H,4-5,8-10H2,1-3H3/t14-/m1/s1. The number of ether oxygens (including phenoxy) is 1. The minimum Gasteiger partial charge on any atom is -0.444 e. The van der Waals surface area contributed by atoms with Crippen LogP contribution in [0.4, 0.5) is 4.79 Å². The number of fused-ring (bicyclic) bond motifs is 1. The van der Waals surface area contributed by atoms with E-state index >= 15 is 0 Å². The van der Waals surface area contributed by atoms with Crippen molar-refractivity contribution in [2.45, 2.75) is 51.7 Å². The van der Waals surface area contributed by atoms with Gasteiger partial charge in [-0.1, -0.05) is 15.9 Å². The third-order valence-corrected chi connectivity index (χ3v) is 4.77. The van der Waals surface area contributed by atoms with E-state index in [1.165, 1.54) is 0 Å². The first-order valence-electron chi connectivity index (χ1n) is 8.43. The van der Waals surface area contributed by atoms with Crippen molar-refractivity contribution in [1.82, 2.24) is 14.5 Å². The van der Waals surface area contributed by atoms with Crippen LogP contribution in [0, 0.1) is 0 Å². The third kappa shape index (κ3) is 3.91. The van der Waals surface area contributed by atoms with Crippen LogP contribution in [0.2, 0.25) is 0 Å². The molecule has 0 aliphatic carbocycles. The highest BCUT2D eigenvalue weighted by Gasteiger charge is 2.26. The van der Waals surface area contributed by atoms with Gasteiger partial charge in [0.2, 0.25) is 0 Å². The van der Waals surface area contributed by atoms with Crippen molar-refractivity contribution in [2.24, 2.45) is 0 Å². The van der Waals surface area contributed by atoms with E-state index < -0.39 is 5.60 Å². The van der Waals surface area contributed by atoms with Crippen LogP contribution in [0.1, 0.15) is 46.1 Å². The number of imidazole rings is 1. The lowest BCUT2D eigenvalue weighted by Gasteiger charge is -2.26. The summed E-state index contributed by atoms with van der Waals surface area (Å²) in [6.07, 6.45) is 4.65. The molecule has 0 radical (unpaired) electrons. The summed E-state index contributed by atoms with van der Waals surface area (Å²) in [7, 11) is 0. The maximum absolute atomic E-state index is 12.3. The van der Waals surface area contributed by atoms with Crippen molar-refractivity contribution < 1.29 is 9.53 Å². The molecule has 5 nitrogen and oxygen atoms in total. The second-order valence-electron chi connectivity index (χ2n) is 7.34. The molecular formula is C18H24BrN3O2. The number of likely N-dealkylation sites (tertiary alicyclic amines) is 1. The molecule has 6 heteroatoms. The summed E-state index contributed by atoms with van der Waals surface area (Å²) >= 11 is 3.49. The molecule has 3 rings (SSSR count). The highest BCUT2D eigenvalue weighted by molar-refractivity contribution is 9.10. The van der Waals surface area contributed by atoms with Gasteiger partial charge in [-0.25, -0.2) is 9.78 Å². The molecule has 2 heterocycles. The van der Waals surface area contributed by atoms with Gasteiger partial charge in [0, 0.05) is 23.6 Å². The Bertz CT molecular complexity index is 735. The van der Waals surface area contributed by atoms with Crippen molar-refractivity contribution in [1.29, 1.82) is 0 Å². The van der Waals surface area contributed by atoms with Crippen molar-refractivity contribution in [3.8, 4) is 0 Å². The van der Waals surface area contributed by atoms with Gasteiger partial charge in [-0.15, -0.1) is 0 Å². The highest BCUT2D eigenvalue weighted by Crippen LogP contribution is 2.28. The average Bonchev–Trinajstić information content (AvgIpc) is 2.74. The molecule has 130 valence electrons. The third-order valence-electron chi connectivity index (χ3n) is 4.28. The maximum Gasteiger partial charge on any atom is 0.410 e. The first kappa shape index (κ1) is 17.3. The Morgan fingerprint density at radius 1 is 1.29 bits per heavy atom. The van der Waals surface area contributed by atoms with Crippen LogP contribution in [-0.2, 0) is 4.74 Å². The molecule has 2 aromatic rings. The Kier molecular flexibility index (Phi) is 4.85. The molecule has 0 N–H and O–H groups in total. The molecular weight excluding hydrogens is 370 g/mol. The Hall–Kier alpha value is -1.56. The van der Waals surface area contributed by atoms with Crippen LogP contribution in [0.3, 0.4) is 0 Å². The second-order valence-corrected chi connectivity index (χ2v) is 8.25. The summed E-state index contributed by atoms with van der Waals surface area (Å²) < 4.78 is 8.79. The van der Waals surface area contributed by atoms with E-state index in [-0.39, 0.29) is 6.09 Å². The normalized spacial score (nSPS) is 19.3. The van der Waals surface area contributed by atoms with Gasteiger partial charge in [-0.3, -0.25) is 0 Å². The first-order valence-corrected chi connectivity index (χ1v) is 9.23. The predicted molar refractivity (Wildman–Crippen MR) is 98.1 cm³/mol. The van der Waals surface area contributed by atoms with Crippen molar-refractivity contribution in [2.75, 3.05) is 13.1 Å². The Morgan fingerprint density at radius 2 is 2.08 bits per heavy atom. The first-order chi connectivity index (χ1) is 11.3. The molecule has 0 bridgehead atoms. The molecule has 1 aliphatic rings.